The molecule has 1 saturated carbocycles. The van der Waals surface area contributed by atoms with Crippen molar-refractivity contribution in [2.75, 3.05) is 6.54 Å². The quantitative estimate of drug-likeness (QED) is 0.355. The highest BCUT2D eigenvalue weighted by Crippen LogP contribution is 2.37. The molecule has 1 aliphatic heterocycles. The van der Waals surface area contributed by atoms with E-state index in [9.17, 15) is 19.2 Å². The molecule has 2 fully saturated rings. The average molecular weight is 343 g/mol. The fraction of sp³-hybridized carbons (Fsp3) is 0.474. The lowest BCUT2D eigenvalue weighted by atomic mass is 9.81. The Kier molecular flexibility index (Phi) is 4.97. The highest BCUT2D eigenvalue weighted by Gasteiger charge is 2.47. The zero-order valence-electron chi connectivity index (χ0n) is 14.2. The molecule has 132 valence electrons. The summed E-state index contributed by atoms with van der Waals surface area (Å²) in [6.45, 7) is 1.53. The number of nitrogens with zero attached hydrogens (tertiary/aromatic N) is 1. The van der Waals surface area contributed by atoms with Gasteiger partial charge in [-0.05, 0) is 44.0 Å². The predicted octanol–water partition coefficient (Wildman–Crippen LogP) is 2.36. The van der Waals surface area contributed by atoms with Crippen molar-refractivity contribution in [3.8, 4) is 5.75 Å². The molecule has 6 nitrogen and oxygen atoms in total. The Labute approximate surface area is 146 Å². The molecule has 0 bridgehead atoms. The number of Topliss-reactive ketones (excluding diaryl/α,β-unsaturated/α-hetero) is 1. The molecule has 2 amide bonds. The average Bonchev–Trinajstić information content (AvgIpc) is 2.85. The minimum Gasteiger partial charge on any atom is -0.426 e. The van der Waals surface area contributed by atoms with E-state index in [1.54, 1.807) is 24.3 Å². The Hall–Kier alpha value is -2.50. The van der Waals surface area contributed by atoms with E-state index in [-0.39, 0.29) is 42.4 Å². The van der Waals surface area contributed by atoms with E-state index < -0.39 is 5.97 Å². The summed E-state index contributed by atoms with van der Waals surface area (Å²) in [5.74, 6) is -0.923. The molecule has 25 heavy (non-hydrogen) atoms. The molecule has 1 aromatic rings. The number of likely N-dealkylation sites (tertiary alicyclic amines) is 1. The molecule has 0 radical (unpaired) electrons. The fourth-order valence-electron chi connectivity index (χ4n) is 3.59. The van der Waals surface area contributed by atoms with Crippen LogP contribution in [0.3, 0.4) is 0 Å². The third kappa shape index (κ3) is 3.62. The fourth-order valence-corrected chi connectivity index (χ4v) is 3.59. The lowest BCUT2D eigenvalue weighted by Crippen LogP contribution is -2.33. The third-order valence-corrected chi connectivity index (χ3v) is 4.96. The summed E-state index contributed by atoms with van der Waals surface area (Å²) in [7, 11) is 0. The molecule has 1 aromatic carbocycles. The van der Waals surface area contributed by atoms with Crippen molar-refractivity contribution in [2.24, 2.45) is 11.8 Å². The number of fused-ring (bicyclic) bond motifs is 1. The number of rotatable bonds is 5. The molecule has 0 spiro atoms. The van der Waals surface area contributed by atoms with Crippen LogP contribution in [-0.2, 0) is 14.4 Å². The van der Waals surface area contributed by atoms with Crippen molar-refractivity contribution in [3.63, 3.8) is 0 Å². The number of hydrogen-bond acceptors (Lipinski definition) is 5. The van der Waals surface area contributed by atoms with Gasteiger partial charge in [0.1, 0.15) is 5.75 Å². The monoisotopic (exact) mass is 343 g/mol. The number of carbonyl (C=O) groups is 4. The van der Waals surface area contributed by atoms with Crippen LogP contribution >= 0.6 is 0 Å². The smallest absolute Gasteiger partial charge is 0.312 e. The molecule has 3 rings (SSSR count). The van der Waals surface area contributed by atoms with E-state index >= 15 is 0 Å². The minimum atomic E-state index is -0.508. The van der Waals surface area contributed by atoms with Crippen LogP contribution in [0.5, 0.6) is 5.75 Å². The zero-order valence-corrected chi connectivity index (χ0v) is 14.2. The van der Waals surface area contributed by atoms with E-state index in [1.165, 1.54) is 11.8 Å². The van der Waals surface area contributed by atoms with Crippen LogP contribution in [0.4, 0.5) is 0 Å². The van der Waals surface area contributed by atoms with E-state index in [0.29, 0.717) is 11.3 Å². The topological polar surface area (TPSA) is 80.8 Å². The number of ether oxygens (including phenoxy) is 1. The highest BCUT2D eigenvalue weighted by atomic mass is 16.5. The van der Waals surface area contributed by atoms with E-state index in [4.69, 9.17) is 4.74 Å². The first-order valence-corrected chi connectivity index (χ1v) is 8.64. The number of carbonyl (C=O) groups excluding carboxylic acids is 4. The van der Waals surface area contributed by atoms with Gasteiger partial charge in [0.25, 0.3) is 0 Å². The van der Waals surface area contributed by atoms with Gasteiger partial charge in [-0.15, -0.1) is 0 Å². The molecule has 2 unspecified atom stereocenters. The third-order valence-electron chi connectivity index (χ3n) is 4.96. The van der Waals surface area contributed by atoms with Gasteiger partial charge < -0.3 is 4.74 Å². The second-order valence-electron chi connectivity index (χ2n) is 6.63. The summed E-state index contributed by atoms with van der Waals surface area (Å²) in [6.07, 6.45) is 3.45. The van der Waals surface area contributed by atoms with Crippen molar-refractivity contribution in [1.82, 2.24) is 4.90 Å². The summed E-state index contributed by atoms with van der Waals surface area (Å²) in [4.78, 5) is 49.1. The summed E-state index contributed by atoms with van der Waals surface area (Å²) < 4.78 is 5.20. The molecule has 6 heteroatoms. The van der Waals surface area contributed by atoms with Crippen molar-refractivity contribution in [1.29, 1.82) is 0 Å². The molecule has 1 saturated heterocycles. The first-order chi connectivity index (χ1) is 12.0. The maximum Gasteiger partial charge on any atom is 0.312 e. The first kappa shape index (κ1) is 17.3. The van der Waals surface area contributed by atoms with Crippen LogP contribution < -0.4 is 4.74 Å². The van der Waals surface area contributed by atoms with Gasteiger partial charge in [-0.3, -0.25) is 24.1 Å². The molecule has 2 atom stereocenters. The van der Waals surface area contributed by atoms with Gasteiger partial charge in [-0.2, -0.15) is 0 Å². The van der Waals surface area contributed by atoms with Crippen LogP contribution in [0.15, 0.2) is 24.3 Å². The standard InChI is InChI=1S/C19H21NO5/c1-12(21)13-6-8-14(9-7-13)25-17(22)10-11-20-18(23)15-4-2-3-5-16(15)19(20)24/h6-9,15-16H,2-5,10-11H2,1H3. The van der Waals surface area contributed by atoms with Gasteiger partial charge in [0, 0.05) is 12.1 Å². The Bertz CT molecular complexity index is 685. The van der Waals surface area contributed by atoms with Gasteiger partial charge in [-0.25, -0.2) is 0 Å². The molecular weight excluding hydrogens is 322 g/mol. The summed E-state index contributed by atoms with van der Waals surface area (Å²) in [6, 6.07) is 6.27. The van der Waals surface area contributed by atoms with Crippen LogP contribution in [-0.4, -0.2) is 35.0 Å². The van der Waals surface area contributed by atoms with Crippen molar-refractivity contribution >= 4 is 23.6 Å². The van der Waals surface area contributed by atoms with Crippen LogP contribution in [0, 0.1) is 11.8 Å². The minimum absolute atomic E-state index is 0.0363. The molecule has 0 N–H and O–H groups in total. The van der Waals surface area contributed by atoms with Crippen molar-refractivity contribution < 1.29 is 23.9 Å². The number of benzene rings is 1. The Morgan fingerprint density at radius 2 is 1.60 bits per heavy atom. The van der Waals surface area contributed by atoms with E-state index in [0.717, 1.165) is 25.7 Å². The number of imide groups is 1. The first-order valence-electron chi connectivity index (χ1n) is 8.64. The maximum atomic E-state index is 12.3. The second kappa shape index (κ2) is 7.17. The Morgan fingerprint density at radius 3 is 2.12 bits per heavy atom. The normalized spacial score (nSPS) is 22.7. The summed E-state index contributed by atoms with van der Waals surface area (Å²) >= 11 is 0. The van der Waals surface area contributed by atoms with Gasteiger partial charge in [0.2, 0.25) is 11.8 Å². The van der Waals surface area contributed by atoms with E-state index in [1.807, 2.05) is 0 Å². The van der Waals surface area contributed by atoms with Crippen LogP contribution in [0.25, 0.3) is 0 Å². The summed E-state index contributed by atoms with van der Waals surface area (Å²) in [5.41, 5.74) is 0.538. The maximum absolute atomic E-state index is 12.3. The molecule has 1 heterocycles. The molecule has 1 aliphatic carbocycles. The van der Waals surface area contributed by atoms with Crippen LogP contribution in [0.1, 0.15) is 49.4 Å². The van der Waals surface area contributed by atoms with Gasteiger partial charge in [-0.1, -0.05) is 12.8 Å². The van der Waals surface area contributed by atoms with Crippen molar-refractivity contribution in [3.05, 3.63) is 29.8 Å². The SMILES string of the molecule is CC(=O)c1ccc(OC(=O)CCN2C(=O)C3CCCCC3C2=O)cc1. The number of hydrogen-bond donors (Lipinski definition) is 0. The lowest BCUT2D eigenvalue weighted by molar-refractivity contribution is -0.141. The van der Waals surface area contributed by atoms with E-state index in [2.05, 4.69) is 0 Å². The number of esters is 1. The van der Waals surface area contributed by atoms with Crippen molar-refractivity contribution in [2.45, 2.75) is 39.0 Å². The number of amides is 2. The second-order valence-corrected chi connectivity index (χ2v) is 6.63. The molecule has 2 aliphatic rings. The van der Waals surface area contributed by atoms with Gasteiger partial charge in [0.05, 0.1) is 18.3 Å². The largest absolute Gasteiger partial charge is 0.426 e. The zero-order chi connectivity index (χ0) is 18.0. The van der Waals surface area contributed by atoms with Gasteiger partial charge >= 0.3 is 5.97 Å². The Morgan fingerprint density at radius 1 is 1.04 bits per heavy atom. The molecular formula is C19H21NO5. The lowest BCUT2D eigenvalue weighted by Gasteiger charge is -2.19. The molecule has 0 aromatic heterocycles. The highest BCUT2D eigenvalue weighted by molar-refractivity contribution is 6.05. The predicted molar refractivity (Wildman–Crippen MR) is 88.9 cm³/mol. The summed E-state index contributed by atoms with van der Waals surface area (Å²) in [5, 5.41) is 0. The number of ketones is 1. The Balaban J connectivity index is 1.54. The van der Waals surface area contributed by atoms with Crippen LogP contribution in [0.2, 0.25) is 0 Å². The van der Waals surface area contributed by atoms with Gasteiger partial charge in [0.15, 0.2) is 5.78 Å².